The van der Waals surface area contributed by atoms with Crippen LogP contribution in [0.2, 0.25) is 0 Å². The average Bonchev–Trinajstić information content (AvgIpc) is 4.20. The number of nitrogens with one attached hydrogen (secondary N) is 4. The molecule has 4 atom stereocenters. The van der Waals surface area contributed by atoms with Crippen molar-refractivity contribution in [3.8, 4) is 21.6 Å². The van der Waals surface area contributed by atoms with Gasteiger partial charge in [-0.2, -0.15) is 12.7 Å². The Bertz CT molecular complexity index is 3190. The first kappa shape index (κ1) is 52.2. The molecule has 390 valence electrons. The van der Waals surface area contributed by atoms with E-state index < -0.39 is 81.1 Å². The number of anilines is 2. The van der Waals surface area contributed by atoms with Gasteiger partial charge in [0, 0.05) is 93.4 Å². The monoisotopic (exact) mass is 1050 g/mol. The van der Waals surface area contributed by atoms with Crippen molar-refractivity contribution in [1.29, 1.82) is 0 Å². The quantitative estimate of drug-likeness (QED) is 0.0776. The maximum absolute atomic E-state index is 15.8. The zero-order valence-electron chi connectivity index (χ0n) is 41.2. The molecule has 0 aliphatic carbocycles. The number of fused-ring (bicyclic) bond motifs is 1. The molecule has 22 heteroatoms. The maximum Gasteiger partial charge on any atom is 0.301 e. The van der Waals surface area contributed by atoms with Crippen LogP contribution in [0.4, 0.5) is 24.5 Å². The Balaban J connectivity index is 0.790. The van der Waals surface area contributed by atoms with E-state index in [9.17, 15) is 37.1 Å². The van der Waals surface area contributed by atoms with Crippen molar-refractivity contribution in [3.63, 3.8) is 0 Å². The number of carbonyl (C=O) groups excluding carboxylic acids is 4. The molecule has 3 aliphatic rings. The Kier molecular flexibility index (Phi) is 15.0. The number of β-amino-alcohol motifs (C(OH)–C–C–N with tert-alkyl or cyclic N) is 1. The molecule has 0 bridgehead atoms. The number of hydrogen-bond donors (Lipinski definition) is 5. The molecule has 0 saturated carbocycles. The summed E-state index contributed by atoms with van der Waals surface area (Å²) in [5.41, 5.74) is 4.78. The third-order valence-electron chi connectivity index (χ3n) is 13.8. The second-order valence-corrected chi connectivity index (χ2v) is 22.6. The molecule has 9 rings (SSSR count). The number of ketones is 1. The maximum atomic E-state index is 15.8. The number of pyridine rings is 1. The van der Waals surface area contributed by atoms with Crippen molar-refractivity contribution in [1.82, 2.24) is 39.7 Å². The molecule has 3 fully saturated rings. The molecule has 6 heterocycles. The Morgan fingerprint density at radius 1 is 0.919 bits per heavy atom. The van der Waals surface area contributed by atoms with E-state index in [1.807, 2.05) is 85.8 Å². The Hall–Kier alpha value is -6.72. The van der Waals surface area contributed by atoms with Crippen LogP contribution in [0.25, 0.3) is 32.6 Å². The van der Waals surface area contributed by atoms with E-state index in [1.165, 1.54) is 11.1 Å². The van der Waals surface area contributed by atoms with Crippen LogP contribution in [0.1, 0.15) is 60.8 Å². The van der Waals surface area contributed by atoms with E-state index >= 15 is 8.78 Å². The summed E-state index contributed by atoms with van der Waals surface area (Å²) in [4.78, 5) is 73.5. The fraction of sp³-hybridized carbons (Fsp3) is 0.385. The molecule has 0 spiro atoms. The minimum Gasteiger partial charge on any atom is -0.391 e. The molecule has 3 aliphatic heterocycles. The van der Waals surface area contributed by atoms with Crippen LogP contribution in [-0.4, -0.2) is 143 Å². The topological polar surface area (TPSA) is 213 Å². The Morgan fingerprint density at radius 3 is 2.30 bits per heavy atom. The van der Waals surface area contributed by atoms with Crippen LogP contribution < -0.4 is 20.3 Å². The number of rotatable bonds is 15. The SMILES string of the molecule is Cc1ncsc1-c1ccc(CNC(=O)[C@@H]2C[C@@H](O)CN2C(=O)[C@@H](NC(=O)CN2CCN(c3ccc(-c4cnc5[nH]cc(C(=O)c6c(F)ccc(NS(=O)(=O)N7CC[C@@H](F)C7)c6F)c5c4)cc3)CC2)C(C)(C)C)cc1. The number of aromatic amines is 1. The average molecular weight is 1060 g/mol. The van der Waals surface area contributed by atoms with Crippen molar-refractivity contribution in [2.45, 2.75) is 71.4 Å². The van der Waals surface area contributed by atoms with E-state index in [0.717, 1.165) is 49.4 Å². The molecular formula is C52H57F3N10O7S2. The second kappa shape index (κ2) is 21.3. The highest BCUT2D eigenvalue weighted by molar-refractivity contribution is 7.90. The number of H-pyrrole nitrogens is 1. The minimum absolute atomic E-state index is 0.0154. The number of benzene rings is 3. The van der Waals surface area contributed by atoms with Gasteiger partial charge in [-0.15, -0.1) is 11.3 Å². The molecule has 3 amide bonds. The van der Waals surface area contributed by atoms with Gasteiger partial charge < -0.3 is 30.5 Å². The molecule has 74 heavy (non-hydrogen) atoms. The fourth-order valence-corrected chi connectivity index (χ4v) is 11.7. The predicted octanol–water partition coefficient (Wildman–Crippen LogP) is 5.80. The van der Waals surface area contributed by atoms with Gasteiger partial charge in [-0.3, -0.25) is 28.8 Å². The van der Waals surface area contributed by atoms with E-state index in [2.05, 4.69) is 30.5 Å². The van der Waals surface area contributed by atoms with Gasteiger partial charge in [0.2, 0.25) is 23.5 Å². The summed E-state index contributed by atoms with van der Waals surface area (Å²) in [7, 11) is -4.39. The number of halogens is 3. The number of likely N-dealkylation sites (tertiary alicyclic amines) is 1. The first-order valence-electron chi connectivity index (χ1n) is 24.3. The highest BCUT2D eigenvalue weighted by Crippen LogP contribution is 2.33. The van der Waals surface area contributed by atoms with Crippen LogP contribution >= 0.6 is 11.3 Å². The molecule has 5 N–H and O–H groups in total. The van der Waals surface area contributed by atoms with Gasteiger partial charge >= 0.3 is 10.2 Å². The smallest absolute Gasteiger partial charge is 0.301 e. The van der Waals surface area contributed by atoms with Crippen molar-refractivity contribution in [2.24, 2.45) is 5.41 Å². The molecule has 17 nitrogen and oxygen atoms in total. The van der Waals surface area contributed by atoms with Crippen molar-refractivity contribution < 1.29 is 45.9 Å². The lowest BCUT2D eigenvalue weighted by atomic mass is 9.85. The summed E-state index contributed by atoms with van der Waals surface area (Å²) in [5.74, 6) is -4.81. The number of aromatic nitrogens is 3. The predicted molar refractivity (Wildman–Crippen MR) is 275 cm³/mol. The first-order chi connectivity index (χ1) is 35.2. The van der Waals surface area contributed by atoms with Crippen LogP contribution in [0.5, 0.6) is 0 Å². The Morgan fingerprint density at radius 2 is 1.64 bits per heavy atom. The number of aliphatic hydroxyl groups excluding tert-OH is 1. The zero-order chi connectivity index (χ0) is 52.6. The van der Waals surface area contributed by atoms with Gasteiger partial charge in [-0.1, -0.05) is 57.2 Å². The summed E-state index contributed by atoms with van der Waals surface area (Å²) < 4.78 is 73.3. The number of hydrogen-bond acceptors (Lipinski definition) is 12. The van der Waals surface area contributed by atoms with E-state index in [0.29, 0.717) is 31.7 Å². The van der Waals surface area contributed by atoms with Gasteiger partial charge in [0.25, 0.3) is 0 Å². The number of thiazole rings is 1. The number of aryl methyl sites for hydroxylation is 1. The number of carbonyl (C=O) groups is 4. The summed E-state index contributed by atoms with van der Waals surface area (Å²) in [6.45, 7) is 9.52. The van der Waals surface area contributed by atoms with Crippen molar-refractivity contribution >= 4 is 67.5 Å². The molecule has 6 aromatic rings. The fourth-order valence-electron chi connectivity index (χ4n) is 9.65. The summed E-state index contributed by atoms with van der Waals surface area (Å²) in [6, 6.07) is 16.9. The number of piperazine rings is 1. The normalized spacial score (nSPS) is 19.2. The van der Waals surface area contributed by atoms with Crippen molar-refractivity contribution in [2.75, 3.05) is 62.0 Å². The standard InChI is InChI=1S/C52H57F3N10O7S2/c1-30-47(73-29-59-30)33-7-5-31(6-8-33)23-58-50(69)42-22-37(66)27-65(42)51(70)48(52(2,3)4)60-43(67)28-62-17-19-63(20-18-62)36-11-9-32(10-12-36)34-21-38-39(25-57-49(38)56-24-34)46(68)44-40(54)13-14-41(45(44)55)61-74(71,72)64-16-15-35(53)26-64/h5-14,21,24-25,29,35,37,42,48,61,66H,15-20,22-23,26-28H2,1-4H3,(H,56,57)(H,58,69)(H,60,67)/t35-,37-,42+,48-/m1/s1. The number of alkyl halides is 1. The third-order valence-corrected chi connectivity index (χ3v) is 16.2. The highest BCUT2D eigenvalue weighted by atomic mass is 32.2. The molecule has 0 unspecified atom stereocenters. The lowest BCUT2D eigenvalue weighted by Crippen LogP contribution is -2.59. The highest BCUT2D eigenvalue weighted by Gasteiger charge is 2.45. The van der Waals surface area contributed by atoms with Crippen LogP contribution in [0.3, 0.4) is 0 Å². The lowest BCUT2D eigenvalue weighted by Gasteiger charge is -2.37. The van der Waals surface area contributed by atoms with Gasteiger partial charge in [-0.05, 0) is 65.8 Å². The third kappa shape index (κ3) is 11.2. The molecule has 3 saturated heterocycles. The van der Waals surface area contributed by atoms with Gasteiger partial charge in [0.1, 0.15) is 29.7 Å². The number of nitrogens with zero attached hydrogens (tertiary/aromatic N) is 6. The summed E-state index contributed by atoms with van der Waals surface area (Å²) >= 11 is 1.56. The van der Waals surface area contributed by atoms with E-state index in [1.54, 1.807) is 29.1 Å². The van der Waals surface area contributed by atoms with E-state index in [4.69, 9.17) is 0 Å². The first-order valence-corrected chi connectivity index (χ1v) is 26.6. The number of aliphatic hydroxyl groups is 1. The van der Waals surface area contributed by atoms with Gasteiger partial charge in [0.05, 0.1) is 40.0 Å². The van der Waals surface area contributed by atoms with Crippen LogP contribution in [-0.2, 0) is 31.1 Å². The molecule has 3 aromatic carbocycles. The molecule has 3 aromatic heterocycles. The van der Waals surface area contributed by atoms with Crippen LogP contribution in [0.15, 0.2) is 84.6 Å². The zero-order valence-corrected chi connectivity index (χ0v) is 42.8. The molecule has 0 radical (unpaired) electrons. The van der Waals surface area contributed by atoms with Gasteiger partial charge in [0.15, 0.2) is 5.82 Å². The van der Waals surface area contributed by atoms with E-state index in [-0.39, 0.29) is 67.4 Å². The Labute approximate surface area is 430 Å². The number of amides is 3. The minimum atomic E-state index is -4.39. The van der Waals surface area contributed by atoms with Crippen molar-refractivity contribution in [3.05, 3.63) is 119 Å². The van der Waals surface area contributed by atoms with Crippen LogP contribution in [0, 0.1) is 24.0 Å². The summed E-state index contributed by atoms with van der Waals surface area (Å²) in [5, 5.41) is 16.8. The largest absolute Gasteiger partial charge is 0.391 e. The summed E-state index contributed by atoms with van der Waals surface area (Å²) in [6.07, 6.45) is 0.675. The lowest BCUT2D eigenvalue weighted by molar-refractivity contribution is -0.144. The second-order valence-electron chi connectivity index (χ2n) is 20.0. The molecular weight excluding hydrogens is 998 g/mol. The van der Waals surface area contributed by atoms with Gasteiger partial charge in [-0.25, -0.2) is 23.1 Å².